The van der Waals surface area contributed by atoms with E-state index in [0.29, 0.717) is 21.0 Å². The van der Waals surface area contributed by atoms with Crippen molar-refractivity contribution < 1.29 is 9.50 Å². The van der Waals surface area contributed by atoms with Crippen molar-refractivity contribution in [2.75, 3.05) is 4.72 Å². The third kappa shape index (κ3) is 4.59. The van der Waals surface area contributed by atoms with E-state index >= 15 is 0 Å². The Bertz CT molecular complexity index is 1110. The predicted octanol–water partition coefficient (Wildman–Crippen LogP) is 6.20. The van der Waals surface area contributed by atoms with E-state index in [1.54, 1.807) is 55.0 Å². The van der Waals surface area contributed by atoms with Crippen LogP contribution in [0.15, 0.2) is 77.4 Å². The molecule has 4 nitrogen and oxygen atoms in total. The van der Waals surface area contributed by atoms with Gasteiger partial charge in [0.25, 0.3) is 0 Å². The number of nitrogens with one attached hydrogen (secondary N) is 1. The number of hydrogen-bond donors (Lipinski definition) is 2. The number of pyridine rings is 1. The number of halogens is 2. The summed E-state index contributed by atoms with van der Waals surface area (Å²) < 4.78 is 17.9. The Balaban J connectivity index is 1.62. The van der Waals surface area contributed by atoms with E-state index in [4.69, 9.17) is 11.6 Å². The van der Waals surface area contributed by atoms with Gasteiger partial charge >= 0.3 is 0 Å². The van der Waals surface area contributed by atoms with Crippen LogP contribution >= 0.6 is 34.9 Å². The second kappa shape index (κ2) is 8.92. The Morgan fingerprint density at radius 1 is 1.10 bits per heavy atom. The lowest BCUT2D eigenvalue weighted by atomic mass is 9.93. The lowest BCUT2D eigenvalue weighted by molar-refractivity contribution is 0.215. The first-order valence-corrected chi connectivity index (χ1v) is 10.7. The third-order valence-corrected chi connectivity index (χ3v) is 6.08. The third-order valence-electron chi connectivity index (χ3n) is 4.24. The number of hydrogen-bond acceptors (Lipinski definition) is 6. The monoisotopic (exact) mass is 443 g/mol. The maximum absolute atomic E-state index is 14.8. The first kappa shape index (κ1) is 19.8. The van der Waals surface area contributed by atoms with E-state index in [2.05, 4.69) is 14.7 Å². The number of nitrogens with zero attached hydrogens (tertiary/aromatic N) is 2. The highest BCUT2D eigenvalue weighted by Gasteiger charge is 2.20. The normalized spacial score (nSPS) is 12.0. The van der Waals surface area contributed by atoms with E-state index in [-0.39, 0.29) is 5.56 Å². The molecule has 0 saturated heterocycles. The summed E-state index contributed by atoms with van der Waals surface area (Å²) in [5, 5.41) is 14.1. The number of anilines is 1. The second-order valence-corrected chi connectivity index (χ2v) is 8.31. The van der Waals surface area contributed by atoms with Crippen molar-refractivity contribution in [2.24, 2.45) is 0 Å². The van der Waals surface area contributed by atoms with E-state index < -0.39 is 11.9 Å². The minimum absolute atomic E-state index is 0.191. The lowest BCUT2D eigenvalue weighted by Gasteiger charge is -2.17. The van der Waals surface area contributed by atoms with Gasteiger partial charge in [0.1, 0.15) is 11.9 Å². The molecular weight excluding hydrogens is 429 g/mol. The van der Waals surface area contributed by atoms with Crippen molar-refractivity contribution in [2.45, 2.75) is 11.0 Å². The SMILES string of the molecule is OC(c1ccc(SNc2nccs2)cc1F)c1ccc(Cl)cc1-c1cccnc1. The van der Waals surface area contributed by atoms with Crippen molar-refractivity contribution in [3.8, 4) is 11.1 Å². The highest BCUT2D eigenvalue weighted by Crippen LogP contribution is 2.35. The summed E-state index contributed by atoms with van der Waals surface area (Å²) in [5.74, 6) is -0.490. The Hall–Kier alpha value is -2.45. The van der Waals surface area contributed by atoms with Crippen LogP contribution in [0.4, 0.5) is 9.52 Å². The molecule has 2 heterocycles. The van der Waals surface area contributed by atoms with E-state index in [0.717, 1.165) is 10.7 Å². The van der Waals surface area contributed by atoms with Crippen molar-refractivity contribution in [3.05, 3.63) is 94.5 Å². The van der Waals surface area contributed by atoms with Crippen LogP contribution in [0.2, 0.25) is 5.02 Å². The fourth-order valence-electron chi connectivity index (χ4n) is 2.88. The molecule has 8 heteroatoms. The fourth-order valence-corrected chi connectivity index (χ4v) is 4.29. The second-order valence-electron chi connectivity index (χ2n) is 6.10. The Labute approximate surface area is 180 Å². The molecule has 4 aromatic rings. The molecule has 29 heavy (non-hydrogen) atoms. The van der Waals surface area contributed by atoms with Gasteiger partial charge in [0, 0.05) is 45.0 Å². The lowest BCUT2D eigenvalue weighted by Crippen LogP contribution is -2.05. The molecule has 146 valence electrons. The van der Waals surface area contributed by atoms with Crippen LogP contribution < -0.4 is 4.72 Å². The molecule has 0 aliphatic rings. The number of rotatable bonds is 6. The van der Waals surface area contributed by atoms with E-state index in [1.165, 1.54) is 29.4 Å². The van der Waals surface area contributed by atoms with Crippen molar-refractivity contribution in [1.82, 2.24) is 9.97 Å². The van der Waals surface area contributed by atoms with Gasteiger partial charge in [-0.05, 0) is 53.4 Å². The van der Waals surface area contributed by atoms with Gasteiger partial charge in [0.2, 0.25) is 0 Å². The van der Waals surface area contributed by atoms with Gasteiger partial charge in [-0.1, -0.05) is 29.8 Å². The van der Waals surface area contributed by atoms with Crippen LogP contribution in [-0.2, 0) is 0 Å². The largest absolute Gasteiger partial charge is 0.384 e. The summed E-state index contributed by atoms with van der Waals surface area (Å²) in [5.41, 5.74) is 2.25. The molecule has 2 aromatic carbocycles. The summed E-state index contributed by atoms with van der Waals surface area (Å²) in [6, 6.07) is 13.5. The molecule has 0 amide bonds. The molecule has 0 radical (unpaired) electrons. The molecule has 2 aromatic heterocycles. The van der Waals surface area contributed by atoms with Gasteiger partial charge < -0.3 is 9.83 Å². The Morgan fingerprint density at radius 3 is 2.69 bits per heavy atom. The van der Waals surface area contributed by atoms with Crippen molar-refractivity contribution in [3.63, 3.8) is 0 Å². The molecule has 0 spiro atoms. The molecule has 0 fully saturated rings. The first-order valence-electron chi connectivity index (χ1n) is 8.61. The molecule has 1 atom stereocenters. The number of aliphatic hydroxyl groups is 1. The quantitative estimate of drug-likeness (QED) is 0.347. The number of thiazole rings is 1. The molecule has 0 aliphatic carbocycles. The Morgan fingerprint density at radius 2 is 1.97 bits per heavy atom. The zero-order valence-corrected chi connectivity index (χ0v) is 17.3. The van der Waals surface area contributed by atoms with Gasteiger partial charge in [-0.15, -0.1) is 11.3 Å². The van der Waals surface area contributed by atoms with Crippen LogP contribution in [0.25, 0.3) is 11.1 Å². The molecular formula is C21H15ClFN3OS2. The molecule has 0 bridgehead atoms. The summed E-state index contributed by atoms with van der Waals surface area (Å²) in [6.07, 6.45) is 3.90. The van der Waals surface area contributed by atoms with Crippen LogP contribution in [0.1, 0.15) is 17.2 Å². The number of aliphatic hydroxyl groups excluding tert-OH is 1. The molecule has 2 N–H and O–H groups in total. The maximum atomic E-state index is 14.8. The number of aromatic nitrogens is 2. The van der Waals surface area contributed by atoms with Gasteiger partial charge in [0.05, 0.1) is 0 Å². The standard InChI is InChI=1S/C21H15ClFN3OS2/c22-14-3-5-16(18(10-14)13-2-1-7-24-12-13)20(27)17-6-4-15(11-19(17)23)29-26-21-25-8-9-28-21/h1-12,20,27H,(H,25,26). The smallest absolute Gasteiger partial charge is 0.192 e. The molecule has 1 unspecified atom stereocenters. The molecule has 0 saturated carbocycles. The minimum atomic E-state index is -1.14. The minimum Gasteiger partial charge on any atom is -0.384 e. The number of benzene rings is 2. The van der Waals surface area contributed by atoms with Gasteiger partial charge in [-0.3, -0.25) is 4.98 Å². The van der Waals surface area contributed by atoms with Crippen LogP contribution in [-0.4, -0.2) is 15.1 Å². The van der Waals surface area contributed by atoms with Gasteiger partial charge in [-0.25, -0.2) is 9.37 Å². The zero-order chi connectivity index (χ0) is 20.2. The molecule has 0 aliphatic heterocycles. The summed E-state index contributed by atoms with van der Waals surface area (Å²) >= 11 is 8.88. The fraction of sp³-hybridized carbons (Fsp3) is 0.0476. The van der Waals surface area contributed by atoms with Gasteiger partial charge in [-0.2, -0.15) is 0 Å². The highest BCUT2D eigenvalue weighted by atomic mass is 35.5. The molecule has 4 rings (SSSR count). The topological polar surface area (TPSA) is 58.0 Å². The summed E-state index contributed by atoms with van der Waals surface area (Å²) in [4.78, 5) is 8.92. The van der Waals surface area contributed by atoms with E-state index in [1.807, 2.05) is 11.4 Å². The first-order chi connectivity index (χ1) is 14.1. The van der Waals surface area contributed by atoms with Crippen molar-refractivity contribution in [1.29, 1.82) is 0 Å². The Kier molecular flexibility index (Phi) is 6.10. The van der Waals surface area contributed by atoms with Crippen LogP contribution in [0, 0.1) is 5.82 Å². The predicted molar refractivity (Wildman–Crippen MR) is 117 cm³/mol. The maximum Gasteiger partial charge on any atom is 0.192 e. The van der Waals surface area contributed by atoms with Gasteiger partial charge in [0.15, 0.2) is 5.13 Å². The zero-order valence-electron chi connectivity index (χ0n) is 14.9. The van der Waals surface area contributed by atoms with E-state index in [9.17, 15) is 9.50 Å². The van der Waals surface area contributed by atoms with Crippen molar-refractivity contribution >= 4 is 40.0 Å². The highest BCUT2D eigenvalue weighted by molar-refractivity contribution is 8.00. The summed E-state index contributed by atoms with van der Waals surface area (Å²) in [7, 11) is 0. The average molecular weight is 444 g/mol. The van der Waals surface area contributed by atoms with Crippen LogP contribution in [0.5, 0.6) is 0 Å². The average Bonchev–Trinajstić information content (AvgIpc) is 3.26. The summed E-state index contributed by atoms with van der Waals surface area (Å²) in [6.45, 7) is 0. The van der Waals surface area contributed by atoms with Crippen LogP contribution in [0.3, 0.4) is 0 Å².